The van der Waals surface area contributed by atoms with E-state index in [1.165, 1.54) is 0 Å². The summed E-state index contributed by atoms with van der Waals surface area (Å²) < 4.78 is 38.1. The largest absolute Gasteiger partial charge is 0.459 e. The van der Waals surface area contributed by atoms with Crippen LogP contribution in [0.15, 0.2) is 30.3 Å². The van der Waals surface area contributed by atoms with Crippen molar-refractivity contribution >= 4 is 16.1 Å². The van der Waals surface area contributed by atoms with E-state index in [1.54, 1.807) is 0 Å². The maximum Gasteiger partial charge on any atom is 0.306 e. The van der Waals surface area contributed by atoms with Gasteiger partial charge >= 0.3 is 5.97 Å². The highest BCUT2D eigenvalue weighted by molar-refractivity contribution is 7.86. The number of rotatable bonds is 7. The van der Waals surface area contributed by atoms with Crippen LogP contribution in [0, 0.1) is 0 Å². The zero-order valence-corrected chi connectivity index (χ0v) is 12.5. The number of esters is 1. The Morgan fingerprint density at radius 1 is 1.33 bits per heavy atom. The lowest BCUT2D eigenvalue weighted by atomic mass is 10.1. The zero-order valence-electron chi connectivity index (χ0n) is 11.7. The van der Waals surface area contributed by atoms with Gasteiger partial charge in [-0.25, -0.2) is 0 Å². The van der Waals surface area contributed by atoms with E-state index >= 15 is 0 Å². The number of benzene rings is 1. The minimum atomic E-state index is -3.64. The smallest absolute Gasteiger partial charge is 0.306 e. The Morgan fingerprint density at radius 2 is 2.05 bits per heavy atom. The van der Waals surface area contributed by atoms with Gasteiger partial charge in [0.1, 0.15) is 12.2 Å². The van der Waals surface area contributed by atoms with Gasteiger partial charge in [0.05, 0.1) is 19.5 Å². The van der Waals surface area contributed by atoms with Crippen LogP contribution < -0.4 is 0 Å². The molecule has 0 aromatic heterocycles. The van der Waals surface area contributed by atoms with E-state index in [2.05, 4.69) is 0 Å². The summed E-state index contributed by atoms with van der Waals surface area (Å²) in [5.74, 6) is -0.342. The molecular weight excluding hydrogens is 296 g/mol. The number of hydrogen-bond acceptors (Lipinski definition) is 6. The molecule has 0 radical (unpaired) electrons. The molecule has 7 heteroatoms. The first-order valence-electron chi connectivity index (χ1n) is 6.63. The van der Waals surface area contributed by atoms with Crippen molar-refractivity contribution in [3.05, 3.63) is 35.9 Å². The Kier molecular flexibility index (Phi) is 5.33. The quantitative estimate of drug-likeness (QED) is 0.557. The Bertz CT molecular complexity index is 568. The second kappa shape index (κ2) is 7.02. The summed E-state index contributed by atoms with van der Waals surface area (Å²) >= 11 is 0. The van der Waals surface area contributed by atoms with E-state index in [4.69, 9.17) is 13.7 Å². The highest BCUT2D eigenvalue weighted by atomic mass is 32.2. The van der Waals surface area contributed by atoms with Crippen molar-refractivity contribution in [1.29, 1.82) is 0 Å². The number of carbonyl (C=O) groups excluding carboxylic acids is 1. The molecule has 0 amide bonds. The van der Waals surface area contributed by atoms with Crippen LogP contribution in [0.5, 0.6) is 0 Å². The van der Waals surface area contributed by atoms with Crippen molar-refractivity contribution in [1.82, 2.24) is 0 Å². The molecule has 1 heterocycles. The van der Waals surface area contributed by atoms with E-state index in [1.807, 2.05) is 30.3 Å². The second-order valence-corrected chi connectivity index (χ2v) is 6.51. The summed E-state index contributed by atoms with van der Waals surface area (Å²) in [7, 11) is -3.64. The Morgan fingerprint density at radius 3 is 2.62 bits per heavy atom. The molecule has 1 aromatic carbocycles. The van der Waals surface area contributed by atoms with Gasteiger partial charge < -0.3 is 9.47 Å². The minimum absolute atomic E-state index is 0.0416. The van der Waals surface area contributed by atoms with Crippen LogP contribution >= 0.6 is 0 Å². The first-order chi connectivity index (χ1) is 9.94. The molecule has 1 aliphatic rings. The summed E-state index contributed by atoms with van der Waals surface area (Å²) in [6.07, 6.45) is 0.285. The van der Waals surface area contributed by atoms with Gasteiger partial charge in [0.25, 0.3) is 10.1 Å². The van der Waals surface area contributed by atoms with Gasteiger partial charge in [-0.05, 0) is 12.0 Å². The predicted octanol–water partition coefficient (Wildman–Crippen LogP) is 1.25. The highest BCUT2D eigenvalue weighted by Crippen LogP contribution is 2.21. The molecule has 2 rings (SSSR count). The van der Waals surface area contributed by atoms with Crippen LogP contribution in [-0.2, 0) is 35.2 Å². The van der Waals surface area contributed by atoms with Crippen LogP contribution in [0.4, 0.5) is 0 Å². The van der Waals surface area contributed by atoms with Gasteiger partial charge in [-0.1, -0.05) is 30.3 Å². The van der Waals surface area contributed by atoms with Crippen molar-refractivity contribution < 1.29 is 26.9 Å². The van der Waals surface area contributed by atoms with Gasteiger partial charge in [-0.2, -0.15) is 8.42 Å². The molecule has 2 atom stereocenters. The van der Waals surface area contributed by atoms with E-state index in [0.717, 1.165) is 11.8 Å². The molecule has 0 bridgehead atoms. The van der Waals surface area contributed by atoms with E-state index < -0.39 is 22.3 Å². The summed E-state index contributed by atoms with van der Waals surface area (Å²) in [6.45, 7) is 0.380. The Hall–Kier alpha value is -1.44. The van der Waals surface area contributed by atoms with Crippen molar-refractivity contribution in [2.24, 2.45) is 0 Å². The molecule has 1 fully saturated rings. The summed E-state index contributed by atoms with van der Waals surface area (Å²) in [6, 6.07) is 9.49. The second-order valence-electron chi connectivity index (χ2n) is 4.91. The van der Waals surface area contributed by atoms with Crippen LogP contribution in [0.25, 0.3) is 0 Å². The van der Waals surface area contributed by atoms with Crippen molar-refractivity contribution in [3.63, 3.8) is 0 Å². The summed E-state index contributed by atoms with van der Waals surface area (Å²) in [5, 5.41) is 0. The van der Waals surface area contributed by atoms with Gasteiger partial charge in [-0.15, -0.1) is 0 Å². The van der Waals surface area contributed by atoms with E-state index in [9.17, 15) is 13.2 Å². The molecule has 1 aliphatic heterocycles. The number of hydrogen-bond donors (Lipinski definition) is 0. The average Bonchev–Trinajstić information content (AvgIpc) is 2.84. The SMILES string of the molecule is CS(=O)(=O)O[C@@H](COCc1ccccc1)[C@@H]1CCC(=O)O1. The van der Waals surface area contributed by atoms with E-state index in [0.29, 0.717) is 13.0 Å². The van der Waals surface area contributed by atoms with Crippen molar-refractivity contribution in [3.8, 4) is 0 Å². The molecule has 0 saturated carbocycles. The van der Waals surface area contributed by atoms with Gasteiger partial charge in [0, 0.05) is 6.42 Å². The molecule has 1 saturated heterocycles. The van der Waals surface area contributed by atoms with Gasteiger partial charge in [0.2, 0.25) is 0 Å². The monoisotopic (exact) mass is 314 g/mol. The third-order valence-corrected chi connectivity index (χ3v) is 3.62. The normalized spacial score (nSPS) is 20.2. The lowest BCUT2D eigenvalue weighted by molar-refractivity contribution is -0.146. The molecule has 0 spiro atoms. The lowest BCUT2D eigenvalue weighted by Crippen LogP contribution is -2.35. The maximum atomic E-state index is 11.3. The third kappa shape index (κ3) is 5.45. The van der Waals surface area contributed by atoms with Gasteiger partial charge in [-0.3, -0.25) is 8.98 Å². The molecule has 0 N–H and O–H groups in total. The third-order valence-electron chi connectivity index (χ3n) is 3.02. The van der Waals surface area contributed by atoms with Crippen LogP contribution in [0.2, 0.25) is 0 Å². The zero-order chi connectivity index (χ0) is 15.3. The highest BCUT2D eigenvalue weighted by Gasteiger charge is 2.34. The van der Waals surface area contributed by atoms with Crippen LogP contribution in [0.1, 0.15) is 18.4 Å². The number of cyclic esters (lactones) is 1. The van der Waals surface area contributed by atoms with Crippen molar-refractivity contribution in [2.45, 2.75) is 31.7 Å². The summed E-state index contributed by atoms with van der Waals surface area (Å²) in [5.41, 5.74) is 0.971. The maximum absolute atomic E-state index is 11.3. The Labute approximate surface area is 124 Å². The first-order valence-corrected chi connectivity index (χ1v) is 8.45. The molecule has 6 nitrogen and oxygen atoms in total. The molecule has 0 unspecified atom stereocenters. The molecule has 116 valence electrons. The first kappa shape index (κ1) is 15.9. The molecule has 1 aromatic rings. The Balaban J connectivity index is 1.91. The number of carbonyl (C=O) groups is 1. The molecule has 0 aliphatic carbocycles. The fourth-order valence-electron chi connectivity index (χ4n) is 2.10. The summed E-state index contributed by atoms with van der Waals surface area (Å²) in [4.78, 5) is 11.2. The minimum Gasteiger partial charge on any atom is -0.459 e. The van der Waals surface area contributed by atoms with Crippen LogP contribution in [-0.4, -0.2) is 39.5 Å². The fraction of sp³-hybridized carbons (Fsp3) is 0.500. The number of ether oxygens (including phenoxy) is 2. The van der Waals surface area contributed by atoms with Crippen LogP contribution in [0.3, 0.4) is 0 Å². The van der Waals surface area contributed by atoms with E-state index in [-0.39, 0.29) is 19.0 Å². The fourth-order valence-corrected chi connectivity index (χ4v) is 2.73. The predicted molar refractivity (Wildman–Crippen MR) is 74.9 cm³/mol. The van der Waals surface area contributed by atoms with Gasteiger partial charge in [0.15, 0.2) is 0 Å². The average molecular weight is 314 g/mol. The molecular formula is C14H18O6S. The van der Waals surface area contributed by atoms with Crippen molar-refractivity contribution in [2.75, 3.05) is 12.9 Å². The topological polar surface area (TPSA) is 78.9 Å². The lowest BCUT2D eigenvalue weighted by Gasteiger charge is -2.21. The standard InChI is InChI=1S/C14H18O6S/c1-21(16,17)20-13(12-7-8-14(15)19-12)10-18-9-11-5-3-2-4-6-11/h2-6,12-13H,7-10H2,1H3/t12-,13-/m0/s1. The molecule has 21 heavy (non-hydrogen) atoms.